The molecular formula is C13H10ClF2N3O2. The molecule has 21 heavy (non-hydrogen) atoms. The Bertz CT molecular complexity index is 668. The van der Waals surface area contributed by atoms with E-state index in [2.05, 4.69) is 15.0 Å². The molecular weight excluding hydrogens is 304 g/mol. The zero-order valence-electron chi connectivity index (χ0n) is 10.5. The van der Waals surface area contributed by atoms with E-state index in [0.717, 1.165) is 0 Å². The largest absolute Gasteiger partial charge is 0.433 e. The van der Waals surface area contributed by atoms with E-state index in [1.807, 2.05) is 0 Å². The van der Waals surface area contributed by atoms with Gasteiger partial charge in [0.05, 0.1) is 16.3 Å². The van der Waals surface area contributed by atoms with Gasteiger partial charge in [0.2, 0.25) is 0 Å². The molecule has 1 aromatic heterocycles. The number of amides is 1. The van der Waals surface area contributed by atoms with Crippen LogP contribution in [0.3, 0.4) is 0 Å². The van der Waals surface area contributed by atoms with Crippen LogP contribution in [0.15, 0.2) is 36.5 Å². The molecule has 1 heterocycles. The normalized spacial score (nSPS) is 10.5. The third-order valence-electron chi connectivity index (χ3n) is 2.47. The van der Waals surface area contributed by atoms with Gasteiger partial charge < -0.3 is 15.8 Å². The number of para-hydroxylation sites is 2. The smallest absolute Gasteiger partial charge is 0.387 e. The zero-order valence-corrected chi connectivity index (χ0v) is 11.3. The number of nitrogens with one attached hydrogen (secondary N) is 1. The van der Waals surface area contributed by atoms with Gasteiger partial charge in [-0.05, 0) is 18.2 Å². The summed E-state index contributed by atoms with van der Waals surface area (Å²) in [4.78, 5) is 15.8. The molecule has 2 rings (SSSR count). The number of nitrogens with two attached hydrogens (primary N) is 1. The maximum Gasteiger partial charge on any atom is 0.387 e. The summed E-state index contributed by atoms with van der Waals surface area (Å²) in [5, 5.41) is 2.53. The molecule has 0 fully saturated rings. The van der Waals surface area contributed by atoms with Gasteiger partial charge in [-0.2, -0.15) is 8.78 Å². The Labute approximate surface area is 123 Å². The van der Waals surface area contributed by atoms with Crippen molar-refractivity contribution >= 4 is 29.0 Å². The number of carbonyl (C=O) groups is 1. The van der Waals surface area contributed by atoms with Gasteiger partial charge in [0, 0.05) is 6.20 Å². The van der Waals surface area contributed by atoms with Crippen molar-refractivity contribution in [3.8, 4) is 5.75 Å². The minimum absolute atomic E-state index is 0.0796. The first-order valence-corrected chi connectivity index (χ1v) is 6.11. The van der Waals surface area contributed by atoms with Crippen LogP contribution in [0.5, 0.6) is 5.75 Å². The average molecular weight is 314 g/mol. The Morgan fingerprint density at radius 2 is 2.10 bits per heavy atom. The predicted octanol–water partition coefficient (Wildman–Crippen LogP) is 3.17. The van der Waals surface area contributed by atoms with E-state index in [0.29, 0.717) is 0 Å². The Morgan fingerprint density at radius 3 is 2.81 bits per heavy atom. The Kier molecular flexibility index (Phi) is 4.54. The number of rotatable bonds is 4. The second-order valence-corrected chi connectivity index (χ2v) is 4.33. The molecule has 5 nitrogen and oxygen atoms in total. The number of nitrogens with zero attached hydrogens (tertiary/aromatic N) is 1. The van der Waals surface area contributed by atoms with Crippen LogP contribution in [0.2, 0.25) is 5.02 Å². The van der Waals surface area contributed by atoms with Gasteiger partial charge in [-0.15, -0.1) is 0 Å². The molecule has 0 aliphatic carbocycles. The van der Waals surface area contributed by atoms with Crippen molar-refractivity contribution in [3.63, 3.8) is 0 Å². The molecule has 1 amide bonds. The fourth-order valence-electron chi connectivity index (χ4n) is 1.59. The van der Waals surface area contributed by atoms with Crippen LogP contribution in [0.1, 0.15) is 10.4 Å². The number of hydrogen-bond donors (Lipinski definition) is 2. The van der Waals surface area contributed by atoms with Crippen LogP contribution in [0.25, 0.3) is 0 Å². The first-order chi connectivity index (χ1) is 9.97. The molecule has 0 atom stereocenters. The van der Waals surface area contributed by atoms with Crippen LogP contribution in [-0.2, 0) is 0 Å². The number of aromatic nitrogens is 1. The highest BCUT2D eigenvalue weighted by Gasteiger charge is 2.15. The van der Waals surface area contributed by atoms with E-state index in [9.17, 15) is 13.6 Å². The van der Waals surface area contributed by atoms with Crippen molar-refractivity contribution < 1.29 is 18.3 Å². The molecule has 0 saturated heterocycles. The topological polar surface area (TPSA) is 77.2 Å². The number of anilines is 2. The van der Waals surface area contributed by atoms with Crippen molar-refractivity contribution in [2.75, 3.05) is 11.1 Å². The first kappa shape index (κ1) is 15.0. The summed E-state index contributed by atoms with van der Waals surface area (Å²) in [5.41, 5.74) is 5.65. The summed E-state index contributed by atoms with van der Waals surface area (Å²) in [5.74, 6) is -0.653. The summed E-state index contributed by atoms with van der Waals surface area (Å²) in [6.07, 6.45) is 1.23. The van der Waals surface area contributed by atoms with Crippen LogP contribution >= 0.6 is 11.6 Å². The monoisotopic (exact) mass is 313 g/mol. The summed E-state index contributed by atoms with van der Waals surface area (Å²) in [7, 11) is 0. The highest BCUT2D eigenvalue weighted by molar-refractivity contribution is 6.34. The van der Waals surface area contributed by atoms with E-state index < -0.39 is 12.5 Å². The molecule has 0 aliphatic heterocycles. The number of hydrogen-bond acceptors (Lipinski definition) is 4. The highest BCUT2D eigenvalue weighted by Crippen LogP contribution is 2.27. The first-order valence-electron chi connectivity index (χ1n) is 5.73. The number of ether oxygens (including phenoxy) is 1. The second kappa shape index (κ2) is 6.36. The number of carbonyl (C=O) groups excluding carboxylic acids is 1. The molecule has 0 aliphatic rings. The lowest BCUT2D eigenvalue weighted by atomic mass is 10.2. The summed E-state index contributed by atoms with van der Waals surface area (Å²) >= 11 is 5.85. The highest BCUT2D eigenvalue weighted by atomic mass is 35.5. The Hall–Kier alpha value is -2.41. The van der Waals surface area contributed by atoms with E-state index in [1.165, 1.54) is 30.5 Å². The standard InChI is InChI=1S/C13H10ClF2N3O2/c14-8-6-18-11(17)5-7(8)12(20)19-9-3-1-2-4-10(9)21-13(15)16/h1-6,13H,(H2,17,18)(H,19,20). The van der Waals surface area contributed by atoms with Gasteiger partial charge >= 0.3 is 6.61 Å². The number of pyridine rings is 1. The fraction of sp³-hybridized carbons (Fsp3) is 0.0769. The molecule has 1 aromatic carbocycles. The van der Waals surface area contributed by atoms with Crippen LogP contribution in [0.4, 0.5) is 20.3 Å². The van der Waals surface area contributed by atoms with E-state index in [1.54, 1.807) is 6.07 Å². The molecule has 110 valence electrons. The van der Waals surface area contributed by atoms with Gasteiger partial charge in [0.25, 0.3) is 5.91 Å². The van der Waals surface area contributed by atoms with Gasteiger partial charge in [-0.3, -0.25) is 4.79 Å². The van der Waals surface area contributed by atoms with Crippen LogP contribution in [0, 0.1) is 0 Å². The molecule has 3 N–H and O–H groups in total. The average Bonchev–Trinajstić information content (AvgIpc) is 2.43. The zero-order chi connectivity index (χ0) is 15.4. The molecule has 0 radical (unpaired) electrons. The minimum Gasteiger partial charge on any atom is -0.433 e. The fourth-order valence-corrected chi connectivity index (χ4v) is 1.78. The lowest BCUT2D eigenvalue weighted by Crippen LogP contribution is -2.15. The summed E-state index contributed by atoms with van der Waals surface area (Å²) in [6, 6.07) is 7.09. The summed E-state index contributed by atoms with van der Waals surface area (Å²) < 4.78 is 28.9. The predicted molar refractivity (Wildman–Crippen MR) is 74.7 cm³/mol. The van der Waals surface area contributed by atoms with Gasteiger partial charge in [0.15, 0.2) is 0 Å². The Morgan fingerprint density at radius 1 is 1.38 bits per heavy atom. The minimum atomic E-state index is -3.00. The van der Waals surface area contributed by atoms with Crippen molar-refractivity contribution in [2.24, 2.45) is 0 Å². The third kappa shape index (κ3) is 3.79. The summed E-state index contributed by atoms with van der Waals surface area (Å²) in [6.45, 7) is -3.00. The Balaban J connectivity index is 2.25. The van der Waals surface area contributed by atoms with Gasteiger partial charge in [-0.25, -0.2) is 4.98 Å². The molecule has 0 unspecified atom stereocenters. The lowest BCUT2D eigenvalue weighted by Gasteiger charge is -2.12. The van der Waals surface area contributed by atoms with Crippen molar-refractivity contribution in [1.29, 1.82) is 0 Å². The van der Waals surface area contributed by atoms with Gasteiger partial charge in [0.1, 0.15) is 11.6 Å². The van der Waals surface area contributed by atoms with Crippen molar-refractivity contribution in [1.82, 2.24) is 4.98 Å². The number of alkyl halides is 2. The number of nitrogen functional groups attached to an aromatic ring is 1. The molecule has 8 heteroatoms. The molecule has 0 spiro atoms. The number of halogens is 3. The third-order valence-corrected chi connectivity index (χ3v) is 2.77. The molecule has 0 saturated carbocycles. The van der Waals surface area contributed by atoms with Crippen LogP contribution < -0.4 is 15.8 Å². The molecule has 2 aromatic rings. The van der Waals surface area contributed by atoms with E-state index in [4.69, 9.17) is 17.3 Å². The van der Waals surface area contributed by atoms with E-state index in [-0.39, 0.29) is 27.8 Å². The second-order valence-electron chi connectivity index (χ2n) is 3.92. The van der Waals surface area contributed by atoms with Crippen LogP contribution in [-0.4, -0.2) is 17.5 Å². The van der Waals surface area contributed by atoms with E-state index >= 15 is 0 Å². The van der Waals surface area contributed by atoms with Crippen molar-refractivity contribution in [2.45, 2.75) is 6.61 Å². The lowest BCUT2D eigenvalue weighted by molar-refractivity contribution is -0.0493. The van der Waals surface area contributed by atoms with Crippen molar-refractivity contribution in [3.05, 3.63) is 47.1 Å². The SMILES string of the molecule is Nc1cc(C(=O)Nc2ccccc2OC(F)F)c(Cl)cn1. The van der Waals surface area contributed by atoms with Gasteiger partial charge in [-0.1, -0.05) is 23.7 Å². The molecule has 0 bridgehead atoms. The maximum absolute atomic E-state index is 12.3. The quantitative estimate of drug-likeness (QED) is 0.909. The number of benzene rings is 1. The maximum atomic E-state index is 12.3.